The zero-order valence-electron chi connectivity index (χ0n) is 10.5. The molecule has 0 aromatic rings. The maximum atomic E-state index is 3.62. The Morgan fingerprint density at radius 1 is 1.12 bits per heavy atom. The quantitative estimate of drug-likeness (QED) is 0.662. The third-order valence-corrected chi connectivity index (χ3v) is 3.92. The van der Waals surface area contributed by atoms with Crippen molar-refractivity contribution in [1.82, 2.24) is 15.5 Å². The highest BCUT2D eigenvalue weighted by atomic mass is 15.1. The van der Waals surface area contributed by atoms with Gasteiger partial charge in [-0.05, 0) is 83.8 Å². The molecule has 0 aromatic carbocycles. The van der Waals surface area contributed by atoms with E-state index < -0.39 is 0 Å². The van der Waals surface area contributed by atoms with E-state index in [9.17, 15) is 0 Å². The predicted octanol–water partition coefficient (Wildman–Crippen LogP) is 1.06. The molecule has 2 aliphatic heterocycles. The van der Waals surface area contributed by atoms with Crippen LogP contribution in [0, 0.1) is 5.92 Å². The second-order valence-electron chi connectivity index (χ2n) is 5.30. The Bertz CT molecular complexity index is 172. The normalized spacial score (nSPS) is 24.0. The highest BCUT2D eigenvalue weighted by molar-refractivity contribution is 4.71. The second kappa shape index (κ2) is 7.25. The largest absolute Gasteiger partial charge is 0.317 e. The minimum atomic E-state index is 0.924. The van der Waals surface area contributed by atoms with Crippen LogP contribution in [0.1, 0.15) is 32.1 Å². The van der Waals surface area contributed by atoms with E-state index in [4.69, 9.17) is 0 Å². The van der Waals surface area contributed by atoms with E-state index in [1.54, 1.807) is 0 Å². The number of likely N-dealkylation sites (tertiary alicyclic amines) is 1. The number of hydrogen-bond acceptors (Lipinski definition) is 3. The molecule has 94 valence electrons. The van der Waals surface area contributed by atoms with Crippen LogP contribution in [-0.4, -0.2) is 50.7 Å². The lowest BCUT2D eigenvalue weighted by Gasteiger charge is -2.23. The fraction of sp³-hybridized carbons (Fsp3) is 1.00. The van der Waals surface area contributed by atoms with E-state index in [-0.39, 0.29) is 0 Å². The molecule has 3 heteroatoms. The van der Waals surface area contributed by atoms with Crippen LogP contribution in [0.3, 0.4) is 0 Å². The number of piperidine rings is 1. The zero-order chi connectivity index (χ0) is 11.1. The average molecular weight is 225 g/mol. The Morgan fingerprint density at radius 3 is 2.62 bits per heavy atom. The molecule has 0 saturated carbocycles. The highest BCUT2D eigenvalue weighted by Gasteiger charge is 2.12. The zero-order valence-corrected chi connectivity index (χ0v) is 10.5. The first-order chi connectivity index (χ1) is 7.95. The SMILES string of the molecule is C1CCN(CCCNCC2CCNCC2)C1. The van der Waals surface area contributed by atoms with Gasteiger partial charge in [-0.1, -0.05) is 0 Å². The van der Waals surface area contributed by atoms with Crippen LogP contribution >= 0.6 is 0 Å². The van der Waals surface area contributed by atoms with E-state index >= 15 is 0 Å². The number of nitrogens with one attached hydrogen (secondary N) is 2. The van der Waals surface area contributed by atoms with Gasteiger partial charge in [0.15, 0.2) is 0 Å². The lowest BCUT2D eigenvalue weighted by atomic mass is 9.98. The Labute approximate surface area is 100.0 Å². The molecule has 2 N–H and O–H groups in total. The minimum absolute atomic E-state index is 0.924. The summed E-state index contributed by atoms with van der Waals surface area (Å²) >= 11 is 0. The summed E-state index contributed by atoms with van der Waals surface area (Å²) in [7, 11) is 0. The number of hydrogen-bond donors (Lipinski definition) is 2. The van der Waals surface area contributed by atoms with Crippen LogP contribution in [-0.2, 0) is 0 Å². The fourth-order valence-corrected chi connectivity index (χ4v) is 2.83. The van der Waals surface area contributed by atoms with Gasteiger partial charge in [0.25, 0.3) is 0 Å². The van der Waals surface area contributed by atoms with Crippen molar-refractivity contribution in [3.8, 4) is 0 Å². The van der Waals surface area contributed by atoms with E-state index in [1.807, 2.05) is 0 Å². The maximum Gasteiger partial charge on any atom is -0.000664 e. The van der Waals surface area contributed by atoms with Crippen LogP contribution in [0.4, 0.5) is 0 Å². The topological polar surface area (TPSA) is 27.3 Å². The molecular weight excluding hydrogens is 198 g/mol. The third-order valence-electron chi connectivity index (χ3n) is 3.92. The molecule has 0 aliphatic carbocycles. The molecule has 3 nitrogen and oxygen atoms in total. The third kappa shape index (κ3) is 4.40. The monoisotopic (exact) mass is 225 g/mol. The standard InChI is InChI=1S/C13H27N3/c1-2-10-16(9-1)11-3-6-15-12-13-4-7-14-8-5-13/h13-15H,1-12H2. The van der Waals surface area contributed by atoms with E-state index in [0.29, 0.717) is 0 Å². The molecule has 0 bridgehead atoms. The van der Waals surface area contributed by atoms with Crippen molar-refractivity contribution >= 4 is 0 Å². The molecule has 2 heterocycles. The first kappa shape index (κ1) is 12.3. The molecular formula is C13H27N3. The van der Waals surface area contributed by atoms with Gasteiger partial charge in [-0.15, -0.1) is 0 Å². The van der Waals surface area contributed by atoms with Gasteiger partial charge in [-0.3, -0.25) is 0 Å². The van der Waals surface area contributed by atoms with Crippen LogP contribution in [0.2, 0.25) is 0 Å². The van der Waals surface area contributed by atoms with Crippen molar-refractivity contribution in [2.45, 2.75) is 32.1 Å². The average Bonchev–Trinajstić information content (AvgIpc) is 2.83. The Hall–Kier alpha value is -0.120. The summed E-state index contributed by atoms with van der Waals surface area (Å²) in [6, 6.07) is 0. The van der Waals surface area contributed by atoms with Crippen LogP contribution in [0.5, 0.6) is 0 Å². The summed E-state index contributed by atoms with van der Waals surface area (Å²) in [5.74, 6) is 0.924. The summed E-state index contributed by atoms with van der Waals surface area (Å²) in [4.78, 5) is 2.60. The van der Waals surface area contributed by atoms with E-state index in [0.717, 1.165) is 5.92 Å². The molecule has 0 unspecified atom stereocenters. The van der Waals surface area contributed by atoms with Crippen molar-refractivity contribution in [3.05, 3.63) is 0 Å². The Balaban J connectivity index is 1.42. The summed E-state index contributed by atoms with van der Waals surface area (Å²) < 4.78 is 0. The fourth-order valence-electron chi connectivity index (χ4n) is 2.83. The van der Waals surface area contributed by atoms with Gasteiger partial charge >= 0.3 is 0 Å². The lowest BCUT2D eigenvalue weighted by molar-refractivity contribution is 0.321. The van der Waals surface area contributed by atoms with Crippen LogP contribution in [0.25, 0.3) is 0 Å². The molecule has 0 radical (unpaired) electrons. The maximum absolute atomic E-state index is 3.62. The van der Waals surface area contributed by atoms with Gasteiger partial charge in [-0.25, -0.2) is 0 Å². The van der Waals surface area contributed by atoms with Crippen molar-refractivity contribution in [1.29, 1.82) is 0 Å². The lowest BCUT2D eigenvalue weighted by Crippen LogP contribution is -2.34. The molecule has 0 amide bonds. The van der Waals surface area contributed by atoms with Gasteiger partial charge in [0.2, 0.25) is 0 Å². The van der Waals surface area contributed by atoms with Crippen LogP contribution < -0.4 is 10.6 Å². The van der Waals surface area contributed by atoms with E-state index in [1.165, 1.54) is 77.9 Å². The molecule has 16 heavy (non-hydrogen) atoms. The Morgan fingerprint density at radius 2 is 1.88 bits per heavy atom. The van der Waals surface area contributed by atoms with Crippen LogP contribution in [0.15, 0.2) is 0 Å². The first-order valence-corrected chi connectivity index (χ1v) is 7.09. The predicted molar refractivity (Wildman–Crippen MR) is 68.8 cm³/mol. The van der Waals surface area contributed by atoms with Crippen molar-refractivity contribution < 1.29 is 0 Å². The van der Waals surface area contributed by atoms with E-state index in [2.05, 4.69) is 15.5 Å². The molecule has 0 aromatic heterocycles. The van der Waals surface area contributed by atoms with Gasteiger partial charge in [0, 0.05) is 0 Å². The van der Waals surface area contributed by atoms with Crippen molar-refractivity contribution in [3.63, 3.8) is 0 Å². The number of nitrogens with zero attached hydrogens (tertiary/aromatic N) is 1. The van der Waals surface area contributed by atoms with Gasteiger partial charge < -0.3 is 15.5 Å². The molecule has 2 aliphatic rings. The van der Waals surface area contributed by atoms with Gasteiger partial charge in [0.1, 0.15) is 0 Å². The smallest absolute Gasteiger partial charge is 0.000664 e. The summed E-state index contributed by atoms with van der Waals surface area (Å²) in [5.41, 5.74) is 0. The van der Waals surface area contributed by atoms with Gasteiger partial charge in [0.05, 0.1) is 0 Å². The highest BCUT2D eigenvalue weighted by Crippen LogP contribution is 2.10. The number of rotatable bonds is 6. The molecule has 2 rings (SSSR count). The molecule has 2 fully saturated rings. The molecule has 2 saturated heterocycles. The minimum Gasteiger partial charge on any atom is -0.317 e. The summed E-state index contributed by atoms with van der Waals surface area (Å²) in [6.07, 6.45) is 6.88. The summed E-state index contributed by atoms with van der Waals surface area (Å²) in [6.45, 7) is 8.88. The second-order valence-corrected chi connectivity index (χ2v) is 5.30. The first-order valence-electron chi connectivity index (χ1n) is 7.09. The van der Waals surface area contributed by atoms with Gasteiger partial charge in [-0.2, -0.15) is 0 Å². The Kier molecular flexibility index (Phi) is 5.59. The van der Waals surface area contributed by atoms with Crippen molar-refractivity contribution in [2.24, 2.45) is 5.92 Å². The molecule has 0 atom stereocenters. The molecule has 0 spiro atoms. The van der Waals surface area contributed by atoms with Crippen molar-refractivity contribution in [2.75, 3.05) is 45.8 Å². The summed E-state index contributed by atoms with van der Waals surface area (Å²) in [5, 5.41) is 7.04.